The number of carbonyl (C=O) groups is 1. The molecular formula is C26H25ClF2N4O3. The Morgan fingerprint density at radius 3 is 2.72 bits per heavy atom. The highest BCUT2D eigenvalue weighted by Crippen LogP contribution is 2.52. The molecule has 188 valence electrons. The fourth-order valence-corrected chi connectivity index (χ4v) is 5.63. The van der Waals surface area contributed by atoms with Crippen molar-refractivity contribution >= 4 is 23.2 Å². The quantitative estimate of drug-likeness (QED) is 0.229. The Morgan fingerprint density at radius 1 is 1.22 bits per heavy atom. The summed E-state index contributed by atoms with van der Waals surface area (Å²) in [6, 6.07) is 13.8. The van der Waals surface area contributed by atoms with E-state index >= 15 is 8.78 Å². The van der Waals surface area contributed by atoms with E-state index in [0.29, 0.717) is 37.3 Å². The average Bonchev–Trinajstić information content (AvgIpc) is 3.24. The number of benzene rings is 3. The second-order valence-corrected chi connectivity index (χ2v) is 9.17. The van der Waals surface area contributed by atoms with Gasteiger partial charge in [-0.25, -0.2) is 14.6 Å². The fourth-order valence-electron chi connectivity index (χ4n) is 5.37. The summed E-state index contributed by atoms with van der Waals surface area (Å²) >= 11 is 6.53. The lowest BCUT2D eigenvalue weighted by Gasteiger charge is -2.45. The summed E-state index contributed by atoms with van der Waals surface area (Å²) in [6.07, 6.45) is 0.402. The van der Waals surface area contributed by atoms with E-state index in [1.54, 1.807) is 0 Å². The number of nitrogens with one attached hydrogen (secondary N) is 2. The van der Waals surface area contributed by atoms with Crippen molar-refractivity contribution in [3.63, 3.8) is 0 Å². The van der Waals surface area contributed by atoms with Crippen LogP contribution in [-0.2, 0) is 12.0 Å². The van der Waals surface area contributed by atoms with E-state index in [9.17, 15) is 4.79 Å². The second kappa shape index (κ2) is 9.67. The Bertz CT molecular complexity index is 1320. The zero-order chi connectivity index (χ0) is 25.4. The van der Waals surface area contributed by atoms with Gasteiger partial charge < -0.3 is 20.1 Å². The van der Waals surface area contributed by atoms with E-state index in [1.807, 2.05) is 35.8 Å². The van der Waals surface area contributed by atoms with E-state index in [2.05, 4.69) is 10.2 Å². The molecule has 7 nitrogen and oxygen atoms in total. The van der Waals surface area contributed by atoms with Crippen LogP contribution in [0.4, 0.5) is 14.5 Å². The highest BCUT2D eigenvalue weighted by Gasteiger charge is 2.48. The van der Waals surface area contributed by atoms with Crippen LogP contribution in [0.15, 0.2) is 48.5 Å². The number of rotatable bonds is 6. The van der Waals surface area contributed by atoms with E-state index < -0.39 is 23.1 Å². The topological polar surface area (TPSA) is 99.8 Å². The predicted molar refractivity (Wildman–Crippen MR) is 133 cm³/mol. The molecule has 2 heterocycles. The van der Waals surface area contributed by atoms with Crippen LogP contribution in [0, 0.1) is 11.6 Å². The van der Waals surface area contributed by atoms with Gasteiger partial charge in [-0.15, -0.1) is 0 Å². The Kier molecular flexibility index (Phi) is 6.57. The molecule has 1 saturated heterocycles. The van der Waals surface area contributed by atoms with Gasteiger partial charge in [-0.2, -0.15) is 0 Å². The molecule has 0 aromatic heterocycles. The van der Waals surface area contributed by atoms with Crippen LogP contribution < -0.4 is 26.2 Å². The minimum Gasteiger partial charge on any atom is -0.488 e. The molecule has 0 spiro atoms. The molecule has 0 bridgehead atoms. The first kappa shape index (κ1) is 24.5. The first-order valence-corrected chi connectivity index (χ1v) is 11.9. The number of hydrogen-bond acceptors (Lipinski definition) is 6. The van der Waals surface area contributed by atoms with E-state index in [-0.39, 0.29) is 40.7 Å². The van der Waals surface area contributed by atoms with E-state index in [0.717, 1.165) is 5.56 Å². The maximum absolute atomic E-state index is 16.0. The number of halogens is 3. The predicted octanol–water partition coefficient (Wildman–Crippen LogP) is 3.12. The Labute approximate surface area is 211 Å². The highest BCUT2D eigenvalue weighted by molar-refractivity contribution is 6.34. The molecule has 5 rings (SSSR count). The third-order valence-corrected chi connectivity index (χ3v) is 7.27. The summed E-state index contributed by atoms with van der Waals surface area (Å²) in [6.45, 7) is 1.37. The lowest BCUT2D eigenvalue weighted by molar-refractivity contribution is 0.0953. The van der Waals surface area contributed by atoms with Gasteiger partial charge in [-0.05, 0) is 29.3 Å². The summed E-state index contributed by atoms with van der Waals surface area (Å²) in [5.41, 5.74) is 3.48. The van der Waals surface area contributed by atoms with Gasteiger partial charge in [0, 0.05) is 42.9 Å². The van der Waals surface area contributed by atoms with E-state index in [1.165, 1.54) is 18.2 Å². The zero-order valence-corrected chi connectivity index (χ0v) is 20.0. The number of piperazine rings is 1. The Hall–Kier alpha value is -3.24. The first-order valence-electron chi connectivity index (χ1n) is 11.5. The molecule has 36 heavy (non-hydrogen) atoms. The lowest BCUT2D eigenvalue weighted by Crippen LogP contribution is -2.57. The summed E-state index contributed by atoms with van der Waals surface area (Å²) in [7, 11) is 0. The van der Waals surface area contributed by atoms with Crippen molar-refractivity contribution in [1.29, 1.82) is 0 Å². The number of nitrogen functional groups attached to an aromatic ring is 1. The smallest absolute Gasteiger partial charge is 0.265 e. The van der Waals surface area contributed by atoms with Crippen LogP contribution in [0.3, 0.4) is 0 Å². The summed E-state index contributed by atoms with van der Waals surface area (Å²) in [5.74, 6) is 2.80. The van der Waals surface area contributed by atoms with Gasteiger partial charge in [-0.3, -0.25) is 10.2 Å². The van der Waals surface area contributed by atoms with Crippen molar-refractivity contribution in [2.45, 2.75) is 12.0 Å². The molecule has 0 aliphatic carbocycles. The van der Waals surface area contributed by atoms with Crippen LogP contribution in [-0.4, -0.2) is 43.9 Å². The lowest BCUT2D eigenvalue weighted by atomic mass is 9.83. The van der Waals surface area contributed by atoms with Gasteiger partial charge in [0.15, 0.2) is 11.6 Å². The van der Waals surface area contributed by atoms with Crippen LogP contribution in [0.1, 0.15) is 21.5 Å². The second-order valence-electron chi connectivity index (χ2n) is 8.79. The molecule has 1 atom stereocenters. The maximum Gasteiger partial charge on any atom is 0.265 e. The number of ether oxygens (including phenoxy) is 1. The molecule has 3 aromatic carbocycles. The first-order chi connectivity index (χ1) is 17.4. The molecule has 0 radical (unpaired) electrons. The Morgan fingerprint density at radius 2 is 2.00 bits per heavy atom. The van der Waals surface area contributed by atoms with Crippen molar-refractivity contribution < 1.29 is 23.4 Å². The number of nitrogens with zero attached hydrogens (tertiary/aromatic N) is 1. The van der Waals surface area contributed by atoms with Crippen molar-refractivity contribution in [1.82, 2.24) is 10.7 Å². The minimum atomic E-state index is -0.893. The number of aliphatic hydroxyl groups excluding tert-OH is 1. The number of fused-ring (bicyclic) bond motifs is 3. The summed E-state index contributed by atoms with van der Waals surface area (Å²) in [5, 5.41) is 12.3. The highest BCUT2D eigenvalue weighted by atomic mass is 35.5. The number of aliphatic hydroxyl groups is 1. The SMILES string of the molecule is NNC(=O)c1ccc(OCCO)c(F)c1-c1c(Cl)c(F)cc2c1CC1(c3ccccc3)CNCCN21. The summed E-state index contributed by atoms with van der Waals surface area (Å²) < 4.78 is 36.7. The van der Waals surface area contributed by atoms with Crippen molar-refractivity contribution in [3.8, 4) is 16.9 Å². The molecule has 10 heteroatoms. The van der Waals surface area contributed by atoms with Gasteiger partial charge >= 0.3 is 0 Å². The monoisotopic (exact) mass is 514 g/mol. The molecule has 1 unspecified atom stereocenters. The zero-order valence-electron chi connectivity index (χ0n) is 19.3. The number of carbonyl (C=O) groups excluding carboxylic acids is 1. The van der Waals surface area contributed by atoms with Gasteiger partial charge in [-0.1, -0.05) is 41.9 Å². The molecule has 0 saturated carbocycles. The van der Waals surface area contributed by atoms with Crippen LogP contribution >= 0.6 is 11.6 Å². The number of nitrogens with two attached hydrogens (primary N) is 1. The Balaban J connectivity index is 1.78. The fraction of sp³-hybridized carbons (Fsp3) is 0.269. The number of anilines is 1. The molecule has 2 aliphatic rings. The molecular weight excluding hydrogens is 490 g/mol. The summed E-state index contributed by atoms with van der Waals surface area (Å²) in [4.78, 5) is 14.8. The van der Waals surface area contributed by atoms with Gasteiger partial charge in [0.2, 0.25) is 0 Å². The molecule has 1 amide bonds. The van der Waals surface area contributed by atoms with Gasteiger partial charge in [0.25, 0.3) is 5.91 Å². The molecule has 5 N–H and O–H groups in total. The minimum absolute atomic E-state index is 0.0851. The number of hydrogen-bond donors (Lipinski definition) is 4. The third kappa shape index (κ3) is 3.79. The molecule has 1 fully saturated rings. The maximum atomic E-state index is 16.0. The van der Waals surface area contributed by atoms with Crippen LogP contribution in [0.2, 0.25) is 5.02 Å². The van der Waals surface area contributed by atoms with Crippen LogP contribution in [0.5, 0.6) is 5.75 Å². The third-order valence-electron chi connectivity index (χ3n) is 6.90. The van der Waals surface area contributed by atoms with E-state index in [4.69, 9.17) is 27.3 Å². The van der Waals surface area contributed by atoms with Crippen molar-refractivity contribution in [2.75, 3.05) is 37.7 Å². The number of hydrazine groups is 1. The standard InChI is InChI=1S/C26H25ClF2N4O3/c27-23-18(28)12-19-17(13-26(14-31-8-9-33(19)26)15-4-2-1-3-5-15)21(23)22-16(25(35)32-30)6-7-20(24(22)29)36-11-10-34/h1-7,12,31,34H,8-11,13-14,30H2,(H,32,35). The van der Waals surface area contributed by atoms with Crippen molar-refractivity contribution in [2.24, 2.45) is 5.84 Å². The van der Waals surface area contributed by atoms with Crippen LogP contribution in [0.25, 0.3) is 11.1 Å². The normalized spacial score (nSPS) is 18.5. The van der Waals surface area contributed by atoms with Crippen molar-refractivity contribution in [3.05, 3.63) is 81.9 Å². The number of amides is 1. The van der Waals surface area contributed by atoms with Gasteiger partial charge in [0.1, 0.15) is 12.4 Å². The molecule has 2 aliphatic heterocycles. The largest absolute Gasteiger partial charge is 0.488 e. The molecule has 3 aromatic rings. The van der Waals surface area contributed by atoms with Gasteiger partial charge in [0.05, 0.1) is 22.7 Å². The average molecular weight is 515 g/mol.